The molecule has 1 N–H and O–H groups in total. The lowest BCUT2D eigenvalue weighted by atomic mass is 10.2. The highest BCUT2D eigenvalue weighted by molar-refractivity contribution is 8.00. The predicted octanol–water partition coefficient (Wildman–Crippen LogP) is 1.81. The van der Waals surface area contributed by atoms with Crippen molar-refractivity contribution in [3.05, 3.63) is 0 Å². The van der Waals surface area contributed by atoms with Gasteiger partial charge in [-0.05, 0) is 27.7 Å². The molecule has 0 aromatic carbocycles. The van der Waals surface area contributed by atoms with Crippen molar-refractivity contribution in [2.24, 2.45) is 0 Å². The van der Waals surface area contributed by atoms with Gasteiger partial charge in [0.1, 0.15) is 0 Å². The summed E-state index contributed by atoms with van der Waals surface area (Å²) in [7, 11) is 0. The molecule has 0 saturated carbocycles. The maximum Gasteiger partial charge on any atom is 0.0249 e. The van der Waals surface area contributed by atoms with Crippen LogP contribution in [0, 0.1) is 0 Å². The first-order valence-electron chi connectivity index (χ1n) is 5.68. The first-order chi connectivity index (χ1) is 6.61. The normalized spacial score (nSPS) is 18.2. The maximum atomic E-state index is 3.60. The van der Waals surface area contributed by atoms with E-state index >= 15 is 0 Å². The number of nitrogens with zero attached hydrogens (tertiary/aromatic N) is 1. The molecule has 0 atom stereocenters. The van der Waals surface area contributed by atoms with Crippen molar-refractivity contribution < 1.29 is 0 Å². The second-order valence-electron chi connectivity index (χ2n) is 4.61. The van der Waals surface area contributed by atoms with Crippen LogP contribution in [-0.4, -0.2) is 47.6 Å². The third kappa shape index (κ3) is 3.79. The van der Waals surface area contributed by atoms with Crippen LogP contribution in [-0.2, 0) is 0 Å². The lowest BCUT2D eigenvalue weighted by molar-refractivity contribution is 0.174. The van der Waals surface area contributed by atoms with Gasteiger partial charge in [0.2, 0.25) is 0 Å². The predicted molar refractivity (Wildman–Crippen MR) is 66.1 cm³/mol. The van der Waals surface area contributed by atoms with Crippen LogP contribution in [0.1, 0.15) is 27.7 Å². The Morgan fingerprint density at radius 1 is 1.21 bits per heavy atom. The number of hydrogen-bond acceptors (Lipinski definition) is 3. The summed E-state index contributed by atoms with van der Waals surface area (Å²) < 4.78 is 0. The van der Waals surface area contributed by atoms with Crippen molar-refractivity contribution in [2.75, 3.05) is 24.6 Å². The highest BCUT2D eigenvalue weighted by atomic mass is 32.2. The lowest BCUT2D eigenvalue weighted by Crippen LogP contribution is -2.46. The van der Waals surface area contributed by atoms with Crippen molar-refractivity contribution in [2.45, 2.75) is 45.8 Å². The second kappa shape index (κ2) is 5.99. The molecule has 1 fully saturated rings. The van der Waals surface area contributed by atoms with Gasteiger partial charge in [0.25, 0.3) is 0 Å². The summed E-state index contributed by atoms with van der Waals surface area (Å²) >= 11 is 2.04. The molecule has 3 heteroatoms. The van der Waals surface area contributed by atoms with Crippen LogP contribution in [0.15, 0.2) is 0 Å². The molecule has 0 bridgehead atoms. The minimum atomic E-state index is 0.660. The Balaban J connectivity index is 2.12. The fraction of sp³-hybridized carbons (Fsp3) is 1.00. The van der Waals surface area contributed by atoms with Crippen LogP contribution in [0.3, 0.4) is 0 Å². The van der Waals surface area contributed by atoms with Gasteiger partial charge in [-0.1, -0.05) is 0 Å². The zero-order valence-electron chi connectivity index (χ0n) is 9.92. The Labute approximate surface area is 92.8 Å². The number of hydrogen-bond donors (Lipinski definition) is 1. The average Bonchev–Trinajstić information content (AvgIpc) is 1.99. The summed E-state index contributed by atoms with van der Waals surface area (Å²) in [5, 5.41) is 3.60. The van der Waals surface area contributed by atoms with E-state index < -0.39 is 0 Å². The average molecular weight is 216 g/mol. The Bertz CT molecular complexity index is 147. The molecule has 0 aromatic rings. The highest BCUT2D eigenvalue weighted by Crippen LogP contribution is 2.16. The molecule has 0 unspecified atom stereocenters. The summed E-state index contributed by atoms with van der Waals surface area (Å²) in [5.41, 5.74) is 0. The minimum absolute atomic E-state index is 0.660. The molecule has 0 aliphatic carbocycles. The molecule has 1 aliphatic rings. The van der Waals surface area contributed by atoms with Crippen molar-refractivity contribution >= 4 is 11.8 Å². The molecule has 0 amide bonds. The minimum Gasteiger partial charge on any atom is -0.311 e. The van der Waals surface area contributed by atoms with E-state index in [0.717, 1.165) is 12.6 Å². The molecule has 0 radical (unpaired) electrons. The van der Waals surface area contributed by atoms with Crippen molar-refractivity contribution in [1.29, 1.82) is 0 Å². The van der Waals surface area contributed by atoms with Crippen LogP contribution < -0.4 is 5.32 Å². The molecular weight excluding hydrogens is 192 g/mol. The SMILES string of the molecule is CC(C)N(CCNC1CSC1)C(C)C. The van der Waals surface area contributed by atoms with Crippen molar-refractivity contribution in [1.82, 2.24) is 10.2 Å². The summed E-state index contributed by atoms with van der Waals surface area (Å²) in [6, 6.07) is 2.11. The van der Waals surface area contributed by atoms with Gasteiger partial charge in [-0.25, -0.2) is 0 Å². The van der Waals surface area contributed by atoms with Gasteiger partial charge >= 0.3 is 0 Å². The van der Waals surface area contributed by atoms with E-state index in [1.54, 1.807) is 0 Å². The van der Waals surface area contributed by atoms with Gasteiger partial charge in [0, 0.05) is 42.7 Å². The Morgan fingerprint density at radius 2 is 1.79 bits per heavy atom. The summed E-state index contributed by atoms with van der Waals surface area (Å²) in [6.45, 7) is 11.4. The standard InChI is InChI=1S/C11H24N2S/c1-9(2)13(10(3)4)6-5-12-11-7-14-8-11/h9-12H,5-8H2,1-4H3. The summed E-state index contributed by atoms with van der Waals surface area (Å²) in [6.07, 6.45) is 0. The summed E-state index contributed by atoms with van der Waals surface area (Å²) in [4.78, 5) is 2.54. The lowest BCUT2D eigenvalue weighted by Gasteiger charge is -2.32. The molecule has 1 saturated heterocycles. The quantitative estimate of drug-likeness (QED) is 0.729. The first-order valence-corrected chi connectivity index (χ1v) is 6.83. The van der Waals surface area contributed by atoms with Crippen molar-refractivity contribution in [3.63, 3.8) is 0 Å². The van der Waals surface area contributed by atoms with Crippen LogP contribution in [0.5, 0.6) is 0 Å². The van der Waals surface area contributed by atoms with E-state index in [-0.39, 0.29) is 0 Å². The number of rotatable bonds is 6. The molecule has 0 aromatic heterocycles. The molecular formula is C11H24N2S. The smallest absolute Gasteiger partial charge is 0.0249 e. The van der Waals surface area contributed by atoms with Crippen LogP contribution in [0.25, 0.3) is 0 Å². The Morgan fingerprint density at radius 3 is 2.14 bits per heavy atom. The molecule has 2 nitrogen and oxygen atoms in total. The fourth-order valence-electron chi connectivity index (χ4n) is 1.86. The van der Waals surface area contributed by atoms with Gasteiger partial charge in [-0.3, -0.25) is 4.90 Å². The monoisotopic (exact) mass is 216 g/mol. The van der Waals surface area contributed by atoms with E-state index in [1.165, 1.54) is 18.1 Å². The largest absolute Gasteiger partial charge is 0.311 e. The third-order valence-corrected chi connectivity index (χ3v) is 4.04. The van der Waals surface area contributed by atoms with E-state index in [2.05, 4.69) is 37.9 Å². The molecule has 84 valence electrons. The Kier molecular flexibility index (Phi) is 5.28. The number of nitrogens with one attached hydrogen (secondary N) is 1. The first kappa shape index (κ1) is 12.3. The zero-order chi connectivity index (χ0) is 10.6. The van der Waals surface area contributed by atoms with Gasteiger partial charge in [-0.15, -0.1) is 0 Å². The van der Waals surface area contributed by atoms with Gasteiger partial charge in [0.05, 0.1) is 0 Å². The van der Waals surface area contributed by atoms with Gasteiger partial charge in [-0.2, -0.15) is 11.8 Å². The second-order valence-corrected chi connectivity index (χ2v) is 5.69. The van der Waals surface area contributed by atoms with Gasteiger partial charge < -0.3 is 5.32 Å². The molecule has 1 heterocycles. The van der Waals surface area contributed by atoms with Crippen LogP contribution >= 0.6 is 11.8 Å². The molecule has 1 rings (SSSR count). The molecule has 0 spiro atoms. The van der Waals surface area contributed by atoms with Crippen LogP contribution in [0.2, 0.25) is 0 Å². The fourth-order valence-corrected chi connectivity index (χ4v) is 2.57. The molecule has 14 heavy (non-hydrogen) atoms. The van der Waals surface area contributed by atoms with E-state index in [9.17, 15) is 0 Å². The maximum absolute atomic E-state index is 3.60. The number of thioether (sulfide) groups is 1. The highest BCUT2D eigenvalue weighted by Gasteiger charge is 2.18. The zero-order valence-corrected chi connectivity index (χ0v) is 10.7. The topological polar surface area (TPSA) is 15.3 Å². The van der Waals surface area contributed by atoms with E-state index in [1.807, 2.05) is 11.8 Å². The summed E-state index contributed by atoms with van der Waals surface area (Å²) in [5.74, 6) is 2.62. The third-order valence-electron chi connectivity index (χ3n) is 2.77. The van der Waals surface area contributed by atoms with E-state index in [4.69, 9.17) is 0 Å². The van der Waals surface area contributed by atoms with E-state index in [0.29, 0.717) is 12.1 Å². The molecule has 1 aliphatic heterocycles. The van der Waals surface area contributed by atoms with Crippen LogP contribution in [0.4, 0.5) is 0 Å². The van der Waals surface area contributed by atoms with Crippen molar-refractivity contribution in [3.8, 4) is 0 Å². The Hall–Kier alpha value is 0.270. The van der Waals surface area contributed by atoms with Gasteiger partial charge in [0.15, 0.2) is 0 Å².